The van der Waals surface area contributed by atoms with Crippen molar-refractivity contribution in [3.63, 3.8) is 0 Å². The van der Waals surface area contributed by atoms with Crippen molar-refractivity contribution in [2.45, 2.75) is 37.5 Å². The number of imidazole rings is 1. The molecule has 114 valence electrons. The molecule has 1 fully saturated rings. The van der Waals surface area contributed by atoms with Crippen LogP contribution in [0.15, 0.2) is 30.0 Å². The zero-order chi connectivity index (χ0) is 15.2. The topological polar surface area (TPSA) is 43.1 Å². The molecule has 0 aliphatic heterocycles. The van der Waals surface area contributed by atoms with E-state index < -0.39 is 5.92 Å². The zero-order valence-electron chi connectivity index (χ0n) is 11.7. The van der Waals surface area contributed by atoms with Gasteiger partial charge in [0.1, 0.15) is 0 Å². The van der Waals surface area contributed by atoms with Crippen LogP contribution in [0.2, 0.25) is 0 Å². The van der Waals surface area contributed by atoms with Gasteiger partial charge < -0.3 is 0 Å². The number of thiazole rings is 1. The minimum absolute atomic E-state index is 0.000657. The molecule has 7 heteroatoms. The van der Waals surface area contributed by atoms with Crippen molar-refractivity contribution in [1.82, 2.24) is 19.4 Å². The lowest BCUT2D eigenvalue weighted by Gasteiger charge is -2.27. The maximum absolute atomic E-state index is 13.6. The van der Waals surface area contributed by atoms with Crippen LogP contribution in [0.25, 0.3) is 17.2 Å². The fourth-order valence-electron chi connectivity index (χ4n) is 2.99. The van der Waals surface area contributed by atoms with Crippen LogP contribution in [0.4, 0.5) is 8.78 Å². The van der Waals surface area contributed by atoms with Crippen molar-refractivity contribution in [3.05, 3.63) is 35.0 Å². The first-order chi connectivity index (χ1) is 10.6. The molecular formula is C15H14F2N4S. The molecule has 3 heterocycles. The van der Waals surface area contributed by atoms with Crippen LogP contribution >= 0.6 is 11.3 Å². The molecule has 0 N–H and O–H groups in total. The van der Waals surface area contributed by atoms with Gasteiger partial charge in [0.05, 0.1) is 22.6 Å². The van der Waals surface area contributed by atoms with Crippen molar-refractivity contribution in [3.8, 4) is 11.4 Å². The van der Waals surface area contributed by atoms with Crippen molar-refractivity contribution >= 4 is 17.1 Å². The third-order valence-electron chi connectivity index (χ3n) is 4.06. The van der Waals surface area contributed by atoms with Gasteiger partial charge >= 0.3 is 0 Å². The molecular weight excluding hydrogens is 306 g/mol. The molecule has 0 aromatic carbocycles. The summed E-state index contributed by atoms with van der Waals surface area (Å²) >= 11 is 1.46. The zero-order valence-corrected chi connectivity index (χ0v) is 12.6. The van der Waals surface area contributed by atoms with Crippen LogP contribution in [0.1, 0.15) is 36.6 Å². The third-order valence-corrected chi connectivity index (χ3v) is 5.07. The minimum Gasteiger partial charge on any atom is -0.282 e. The molecule has 22 heavy (non-hydrogen) atoms. The Morgan fingerprint density at radius 3 is 3.09 bits per heavy atom. The molecule has 0 radical (unpaired) electrons. The van der Waals surface area contributed by atoms with Crippen LogP contribution in [-0.2, 0) is 0 Å². The molecule has 4 rings (SSSR count). The van der Waals surface area contributed by atoms with Gasteiger partial charge in [-0.3, -0.25) is 4.40 Å². The molecule has 3 aromatic heterocycles. The van der Waals surface area contributed by atoms with Gasteiger partial charge in [-0.15, -0.1) is 11.3 Å². The van der Waals surface area contributed by atoms with E-state index in [0.29, 0.717) is 12.2 Å². The van der Waals surface area contributed by atoms with Crippen LogP contribution in [0.5, 0.6) is 0 Å². The van der Waals surface area contributed by atoms with Crippen LogP contribution in [-0.4, -0.2) is 25.3 Å². The minimum atomic E-state index is -2.55. The van der Waals surface area contributed by atoms with Crippen LogP contribution in [0.3, 0.4) is 0 Å². The maximum Gasteiger partial charge on any atom is 0.248 e. The van der Waals surface area contributed by atoms with E-state index in [1.54, 1.807) is 12.4 Å². The lowest BCUT2D eigenvalue weighted by molar-refractivity contribution is -0.0408. The molecule has 0 saturated heterocycles. The summed E-state index contributed by atoms with van der Waals surface area (Å²) in [5, 5.41) is 2.71. The highest BCUT2D eigenvalue weighted by molar-refractivity contribution is 7.10. The van der Waals surface area contributed by atoms with Gasteiger partial charge in [-0.25, -0.2) is 23.7 Å². The molecule has 1 atom stereocenters. The SMILES string of the molecule is FC1(F)CCCC(c2nc(-c3cnc4ncccn34)cs2)C1. The summed E-state index contributed by atoms with van der Waals surface area (Å²) in [4.78, 5) is 13.0. The van der Waals surface area contributed by atoms with Crippen molar-refractivity contribution in [2.75, 3.05) is 0 Å². The largest absolute Gasteiger partial charge is 0.282 e. The number of nitrogens with zero attached hydrogens (tertiary/aromatic N) is 4. The van der Waals surface area contributed by atoms with E-state index in [1.165, 1.54) is 11.3 Å². The number of aromatic nitrogens is 4. The average molecular weight is 320 g/mol. The molecule has 4 nitrogen and oxygen atoms in total. The smallest absolute Gasteiger partial charge is 0.248 e. The van der Waals surface area contributed by atoms with Gasteiger partial charge in [0, 0.05) is 36.5 Å². The second kappa shape index (κ2) is 5.08. The number of hydrogen-bond acceptors (Lipinski definition) is 4. The Kier molecular flexibility index (Phi) is 3.18. The molecule has 1 aliphatic carbocycles. The lowest BCUT2D eigenvalue weighted by atomic mass is 9.87. The third kappa shape index (κ3) is 2.39. The van der Waals surface area contributed by atoms with Gasteiger partial charge in [-0.2, -0.15) is 0 Å². The Hall–Kier alpha value is -1.89. The number of rotatable bonds is 2. The average Bonchev–Trinajstić information content (AvgIpc) is 3.12. The monoisotopic (exact) mass is 320 g/mol. The second-order valence-corrected chi connectivity index (χ2v) is 6.54. The van der Waals surface area contributed by atoms with Gasteiger partial charge in [-0.1, -0.05) is 0 Å². The molecule has 1 saturated carbocycles. The summed E-state index contributed by atoms with van der Waals surface area (Å²) < 4.78 is 29.0. The molecule has 1 aliphatic rings. The van der Waals surface area contributed by atoms with E-state index in [0.717, 1.165) is 22.8 Å². The van der Waals surface area contributed by atoms with Crippen LogP contribution in [0, 0.1) is 0 Å². The quantitative estimate of drug-likeness (QED) is 0.712. The van der Waals surface area contributed by atoms with Crippen LogP contribution < -0.4 is 0 Å². The normalized spacial score (nSPS) is 21.3. The summed E-state index contributed by atoms with van der Waals surface area (Å²) in [6.45, 7) is 0. The van der Waals surface area contributed by atoms with Crippen molar-refractivity contribution in [2.24, 2.45) is 0 Å². The van der Waals surface area contributed by atoms with Gasteiger partial charge in [0.25, 0.3) is 0 Å². The summed E-state index contributed by atoms with van der Waals surface area (Å²) in [6.07, 6.45) is 6.54. The first kappa shape index (κ1) is 13.8. The van der Waals surface area contributed by atoms with E-state index in [1.807, 2.05) is 22.0 Å². The van der Waals surface area contributed by atoms with E-state index in [4.69, 9.17) is 0 Å². The standard InChI is InChI=1S/C15H14F2N4S/c16-15(17)4-1-3-10(7-15)13-20-11(9-22-13)12-8-19-14-18-5-2-6-21(12)14/h2,5-6,8-10H,1,3-4,7H2. The Morgan fingerprint density at radius 2 is 2.23 bits per heavy atom. The first-order valence-corrected chi connectivity index (χ1v) is 8.12. The number of alkyl halides is 2. The van der Waals surface area contributed by atoms with E-state index >= 15 is 0 Å². The lowest BCUT2D eigenvalue weighted by Crippen LogP contribution is -2.24. The first-order valence-electron chi connectivity index (χ1n) is 7.24. The number of fused-ring (bicyclic) bond motifs is 1. The predicted octanol–water partition coefficient (Wildman–Crippen LogP) is 4.15. The summed E-state index contributed by atoms with van der Waals surface area (Å²) in [5.74, 6) is -2.09. The Balaban J connectivity index is 1.67. The predicted molar refractivity (Wildman–Crippen MR) is 80.3 cm³/mol. The Bertz CT molecular complexity index is 811. The van der Waals surface area contributed by atoms with E-state index in [9.17, 15) is 8.78 Å². The highest BCUT2D eigenvalue weighted by Gasteiger charge is 2.37. The summed E-state index contributed by atoms with van der Waals surface area (Å²) in [7, 11) is 0. The highest BCUT2D eigenvalue weighted by atomic mass is 32.1. The van der Waals surface area contributed by atoms with Gasteiger partial charge in [0.15, 0.2) is 0 Å². The van der Waals surface area contributed by atoms with Crippen molar-refractivity contribution in [1.29, 1.82) is 0 Å². The fraction of sp³-hybridized carbons (Fsp3) is 0.400. The summed E-state index contributed by atoms with van der Waals surface area (Å²) in [6, 6.07) is 1.83. The fourth-order valence-corrected chi connectivity index (χ4v) is 3.94. The number of hydrogen-bond donors (Lipinski definition) is 0. The van der Waals surface area contributed by atoms with Gasteiger partial charge in [0.2, 0.25) is 11.7 Å². The Morgan fingerprint density at radius 1 is 1.32 bits per heavy atom. The van der Waals surface area contributed by atoms with E-state index in [-0.39, 0.29) is 18.8 Å². The maximum atomic E-state index is 13.6. The highest BCUT2D eigenvalue weighted by Crippen LogP contribution is 2.43. The molecule has 0 amide bonds. The molecule has 3 aromatic rings. The van der Waals surface area contributed by atoms with Crippen molar-refractivity contribution < 1.29 is 8.78 Å². The van der Waals surface area contributed by atoms with Gasteiger partial charge in [-0.05, 0) is 18.9 Å². The number of halogens is 2. The molecule has 1 unspecified atom stereocenters. The molecule has 0 bridgehead atoms. The molecule has 0 spiro atoms. The second-order valence-electron chi connectivity index (χ2n) is 5.65. The summed E-state index contributed by atoms with van der Waals surface area (Å²) in [5.41, 5.74) is 1.61. The Labute approximate surface area is 129 Å². The van der Waals surface area contributed by atoms with E-state index in [2.05, 4.69) is 15.0 Å².